The van der Waals surface area contributed by atoms with E-state index in [1.165, 1.54) is 19.2 Å². The Balaban J connectivity index is 2.40. The van der Waals surface area contributed by atoms with Crippen molar-refractivity contribution in [3.8, 4) is 5.88 Å². The van der Waals surface area contributed by atoms with Gasteiger partial charge in [-0.25, -0.2) is 9.37 Å². The van der Waals surface area contributed by atoms with Gasteiger partial charge in [0.05, 0.1) is 13.2 Å². The Hall–Kier alpha value is -2.01. The summed E-state index contributed by atoms with van der Waals surface area (Å²) in [6.45, 7) is 3.97. The highest BCUT2D eigenvalue weighted by atomic mass is 19.1. The monoisotopic (exact) mass is 275 g/mol. The lowest BCUT2D eigenvalue weighted by molar-refractivity contribution is 0.356. The fraction of sp³-hybridized carbons (Fsp3) is 0.333. The van der Waals surface area contributed by atoms with Crippen LogP contribution in [-0.4, -0.2) is 17.1 Å². The molecule has 0 bridgehead atoms. The van der Waals surface area contributed by atoms with E-state index in [2.05, 4.69) is 9.97 Å². The predicted octanol–water partition coefficient (Wildman–Crippen LogP) is 2.60. The molecule has 0 aliphatic carbocycles. The molecule has 4 nitrogen and oxygen atoms in total. The molecule has 1 atom stereocenters. The minimum atomic E-state index is -0.434. The standard InChI is InChI=1S/C15H18FN3O/c1-15(2,10-4-6-11(16)7-5-10)13(17)12-14(20-3)19-9-8-18-12/h4-9,13H,17H2,1-3H3. The first-order valence-electron chi connectivity index (χ1n) is 6.33. The summed E-state index contributed by atoms with van der Waals surface area (Å²) in [6.07, 6.45) is 3.14. The number of hydrogen-bond donors (Lipinski definition) is 1. The highest BCUT2D eigenvalue weighted by Gasteiger charge is 2.33. The Morgan fingerprint density at radius 1 is 1.15 bits per heavy atom. The summed E-state index contributed by atoms with van der Waals surface area (Å²) >= 11 is 0. The number of halogens is 1. The summed E-state index contributed by atoms with van der Waals surface area (Å²) in [7, 11) is 1.53. The lowest BCUT2D eigenvalue weighted by Gasteiger charge is -2.32. The van der Waals surface area contributed by atoms with Crippen LogP contribution in [0.4, 0.5) is 4.39 Å². The van der Waals surface area contributed by atoms with Crippen molar-refractivity contribution in [2.45, 2.75) is 25.3 Å². The van der Waals surface area contributed by atoms with E-state index in [-0.39, 0.29) is 5.82 Å². The molecule has 0 spiro atoms. The molecule has 0 radical (unpaired) electrons. The van der Waals surface area contributed by atoms with Crippen LogP contribution in [-0.2, 0) is 5.41 Å². The number of nitrogens with zero attached hydrogens (tertiary/aromatic N) is 2. The largest absolute Gasteiger partial charge is 0.480 e. The van der Waals surface area contributed by atoms with Crippen LogP contribution in [0.5, 0.6) is 5.88 Å². The number of aromatic nitrogens is 2. The van der Waals surface area contributed by atoms with E-state index in [0.29, 0.717) is 11.6 Å². The fourth-order valence-electron chi connectivity index (χ4n) is 2.11. The Labute approximate surface area is 117 Å². The number of benzene rings is 1. The summed E-state index contributed by atoms with van der Waals surface area (Å²) in [6, 6.07) is 5.91. The minimum absolute atomic E-state index is 0.268. The molecule has 0 aliphatic rings. The van der Waals surface area contributed by atoms with E-state index in [9.17, 15) is 4.39 Å². The summed E-state index contributed by atoms with van der Waals surface area (Å²) in [5.74, 6) is 0.144. The molecule has 0 saturated heterocycles. The van der Waals surface area contributed by atoms with Crippen molar-refractivity contribution in [3.05, 3.63) is 53.7 Å². The van der Waals surface area contributed by atoms with Crippen LogP contribution >= 0.6 is 0 Å². The second-order valence-corrected chi connectivity index (χ2v) is 5.16. The maximum absolute atomic E-state index is 13.0. The molecule has 0 amide bonds. The van der Waals surface area contributed by atoms with Crippen molar-refractivity contribution in [3.63, 3.8) is 0 Å². The topological polar surface area (TPSA) is 61.0 Å². The van der Waals surface area contributed by atoms with Gasteiger partial charge >= 0.3 is 0 Å². The summed E-state index contributed by atoms with van der Waals surface area (Å²) in [5, 5.41) is 0. The molecule has 20 heavy (non-hydrogen) atoms. The molecule has 0 saturated carbocycles. The smallest absolute Gasteiger partial charge is 0.237 e. The molecule has 2 N–H and O–H groups in total. The van der Waals surface area contributed by atoms with Crippen LogP contribution in [0.1, 0.15) is 31.1 Å². The highest BCUT2D eigenvalue weighted by molar-refractivity contribution is 5.32. The van der Waals surface area contributed by atoms with Crippen molar-refractivity contribution >= 4 is 0 Å². The lowest BCUT2D eigenvalue weighted by Crippen LogP contribution is -2.34. The molecule has 5 heteroatoms. The van der Waals surface area contributed by atoms with E-state index < -0.39 is 11.5 Å². The second-order valence-electron chi connectivity index (χ2n) is 5.16. The highest BCUT2D eigenvalue weighted by Crippen LogP contribution is 2.36. The van der Waals surface area contributed by atoms with E-state index in [0.717, 1.165) is 5.56 Å². The number of methoxy groups -OCH3 is 1. The molecule has 1 aromatic heterocycles. The zero-order chi connectivity index (χ0) is 14.8. The molecular formula is C15H18FN3O. The van der Waals surface area contributed by atoms with Crippen molar-refractivity contribution in [1.82, 2.24) is 9.97 Å². The number of nitrogens with two attached hydrogens (primary N) is 1. The Morgan fingerprint density at radius 3 is 2.35 bits per heavy atom. The van der Waals surface area contributed by atoms with Crippen LogP contribution in [0.2, 0.25) is 0 Å². The van der Waals surface area contributed by atoms with Gasteiger partial charge < -0.3 is 10.5 Å². The summed E-state index contributed by atoms with van der Waals surface area (Å²) in [4.78, 5) is 8.39. The summed E-state index contributed by atoms with van der Waals surface area (Å²) < 4.78 is 18.2. The van der Waals surface area contributed by atoms with Gasteiger partial charge in [0.2, 0.25) is 5.88 Å². The van der Waals surface area contributed by atoms with Gasteiger partial charge in [0, 0.05) is 17.8 Å². The number of hydrogen-bond acceptors (Lipinski definition) is 4. The zero-order valence-corrected chi connectivity index (χ0v) is 11.8. The average molecular weight is 275 g/mol. The second kappa shape index (κ2) is 5.54. The third-order valence-corrected chi connectivity index (χ3v) is 3.54. The Morgan fingerprint density at radius 2 is 1.75 bits per heavy atom. The first-order valence-corrected chi connectivity index (χ1v) is 6.33. The van der Waals surface area contributed by atoms with Crippen molar-refractivity contribution in [1.29, 1.82) is 0 Å². The molecular weight excluding hydrogens is 257 g/mol. The van der Waals surface area contributed by atoms with Gasteiger partial charge in [0.15, 0.2) is 0 Å². The van der Waals surface area contributed by atoms with Crippen LogP contribution in [0.25, 0.3) is 0 Å². The van der Waals surface area contributed by atoms with Crippen molar-refractivity contribution in [2.75, 3.05) is 7.11 Å². The predicted molar refractivity (Wildman–Crippen MR) is 74.9 cm³/mol. The fourth-order valence-corrected chi connectivity index (χ4v) is 2.11. The first-order chi connectivity index (χ1) is 9.46. The van der Waals surface area contributed by atoms with Crippen LogP contribution in [0.3, 0.4) is 0 Å². The van der Waals surface area contributed by atoms with E-state index in [1.807, 2.05) is 13.8 Å². The van der Waals surface area contributed by atoms with Crippen molar-refractivity contribution < 1.29 is 9.13 Å². The Bertz CT molecular complexity index is 584. The van der Waals surface area contributed by atoms with Crippen LogP contribution in [0.15, 0.2) is 36.7 Å². The van der Waals surface area contributed by atoms with Gasteiger partial charge in [0.25, 0.3) is 0 Å². The molecule has 0 aliphatic heterocycles. The summed E-state index contributed by atoms with van der Waals surface area (Å²) in [5.41, 5.74) is 7.43. The van der Waals surface area contributed by atoms with Gasteiger partial charge in [-0.05, 0) is 17.7 Å². The van der Waals surface area contributed by atoms with Gasteiger partial charge in [-0.2, -0.15) is 0 Å². The molecule has 0 fully saturated rings. The van der Waals surface area contributed by atoms with Crippen LogP contribution < -0.4 is 10.5 Å². The van der Waals surface area contributed by atoms with Gasteiger partial charge in [-0.1, -0.05) is 26.0 Å². The van der Waals surface area contributed by atoms with E-state index >= 15 is 0 Å². The molecule has 1 heterocycles. The zero-order valence-electron chi connectivity index (χ0n) is 11.8. The third-order valence-electron chi connectivity index (χ3n) is 3.54. The molecule has 2 rings (SSSR count). The van der Waals surface area contributed by atoms with Crippen molar-refractivity contribution in [2.24, 2.45) is 5.73 Å². The van der Waals surface area contributed by atoms with E-state index in [1.54, 1.807) is 24.5 Å². The first kappa shape index (κ1) is 14.4. The maximum atomic E-state index is 13.0. The molecule has 2 aromatic rings. The maximum Gasteiger partial charge on any atom is 0.237 e. The quantitative estimate of drug-likeness (QED) is 0.931. The average Bonchev–Trinajstić information content (AvgIpc) is 2.46. The Kier molecular flexibility index (Phi) is 3.99. The number of rotatable bonds is 4. The van der Waals surface area contributed by atoms with Gasteiger partial charge in [-0.3, -0.25) is 4.98 Å². The SMILES string of the molecule is COc1nccnc1C(N)C(C)(C)c1ccc(F)cc1. The lowest BCUT2D eigenvalue weighted by atomic mass is 9.77. The molecule has 106 valence electrons. The van der Waals surface area contributed by atoms with Crippen LogP contribution in [0, 0.1) is 5.82 Å². The normalized spacial score (nSPS) is 13.1. The van der Waals surface area contributed by atoms with Gasteiger partial charge in [-0.15, -0.1) is 0 Å². The minimum Gasteiger partial charge on any atom is -0.480 e. The van der Waals surface area contributed by atoms with Gasteiger partial charge in [0.1, 0.15) is 11.5 Å². The van der Waals surface area contributed by atoms with E-state index in [4.69, 9.17) is 10.5 Å². The molecule has 1 unspecified atom stereocenters. The number of ether oxygens (including phenoxy) is 1. The third kappa shape index (κ3) is 2.63. The molecule has 1 aromatic carbocycles.